The Morgan fingerprint density at radius 2 is 2.03 bits per heavy atom. The molecular weight excluding hydrogens is 399 g/mol. The normalized spacial score (nSPS) is 16.2. The van der Waals surface area contributed by atoms with Gasteiger partial charge in [0, 0.05) is 43.2 Å². The third kappa shape index (κ3) is 5.35. The first-order valence-electron chi connectivity index (χ1n) is 10.1. The molecule has 0 saturated carbocycles. The number of halogens is 1. The fourth-order valence-electron chi connectivity index (χ4n) is 3.50. The molecule has 160 valence electrons. The number of nitrogens with zero attached hydrogens (tertiary/aromatic N) is 3. The molecule has 0 spiro atoms. The van der Waals surface area contributed by atoms with Crippen LogP contribution in [0.4, 0.5) is 10.1 Å². The molecular formula is C23H23FN4O3. The van der Waals surface area contributed by atoms with E-state index in [1.807, 2.05) is 4.57 Å². The summed E-state index contributed by atoms with van der Waals surface area (Å²) in [5, 5.41) is 2.84. The highest BCUT2D eigenvalue weighted by Gasteiger charge is 2.26. The SMILES string of the molecule is O=C(CCn1ccnc1)Nc1cccc(C(=O)N2CCOC(c3ccc(F)cc3)C2)c1. The standard InChI is InChI=1S/C23H23FN4O3/c24-19-6-4-17(5-7-19)21-15-28(12-13-31-21)23(30)18-2-1-3-20(14-18)26-22(29)8-10-27-11-9-25-16-27/h1-7,9,11,14,16,21H,8,10,12-13,15H2,(H,26,29). The summed E-state index contributed by atoms with van der Waals surface area (Å²) in [7, 11) is 0. The molecule has 31 heavy (non-hydrogen) atoms. The molecule has 1 N–H and O–H groups in total. The summed E-state index contributed by atoms with van der Waals surface area (Å²) in [5.41, 5.74) is 1.90. The van der Waals surface area contributed by atoms with E-state index in [-0.39, 0.29) is 23.7 Å². The van der Waals surface area contributed by atoms with E-state index in [2.05, 4.69) is 10.3 Å². The molecule has 0 radical (unpaired) electrons. The molecule has 2 heterocycles. The van der Waals surface area contributed by atoms with Gasteiger partial charge in [0.2, 0.25) is 5.91 Å². The molecule has 1 saturated heterocycles. The van der Waals surface area contributed by atoms with Crippen molar-refractivity contribution in [3.63, 3.8) is 0 Å². The van der Waals surface area contributed by atoms with Gasteiger partial charge in [-0.05, 0) is 35.9 Å². The van der Waals surface area contributed by atoms with Crippen LogP contribution in [0.1, 0.15) is 28.4 Å². The number of aromatic nitrogens is 2. The number of morpholine rings is 1. The number of hydrogen-bond acceptors (Lipinski definition) is 4. The molecule has 1 aromatic heterocycles. The summed E-state index contributed by atoms with van der Waals surface area (Å²) >= 11 is 0. The number of ether oxygens (including phenoxy) is 1. The van der Waals surface area contributed by atoms with E-state index >= 15 is 0 Å². The zero-order chi connectivity index (χ0) is 21.6. The van der Waals surface area contributed by atoms with Crippen LogP contribution < -0.4 is 5.32 Å². The van der Waals surface area contributed by atoms with Gasteiger partial charge in [-0.2, -0.15) is 0 Å². The van der Waals surface area contributed by atoms with E-state index in [1.54, 1.807) is 60.0 Å². The number of carbonyl (C=O) groups is 2. The minimum absolute atomic E-state index is 0.134. The number of imidazole rings is 1. The molecule has 1 fully saturated rings. The topological polar surface area (TPSA) is 76.5 Å². The van der Waals surface area contributed by atoms with Crippen LogP contribution >= 0.6 is 0 Å². The lowest BCUT2D eigenvalue weighted by Gasteiger charge is -2.33. The minimum atomic E-state index is -0.309. The average molecular weight is 422 g/mol. The van der Waals surface area contributed by atoms with Crippen molar-refractivity contribution in [2.24, 2.45) is 0 Å². The summed E-state index contributed by atoms with van der Waals surface area (Å²) in [6.07, 6.45) is 5.13. The molecule has 3 aromatic rings. The molecule has 7 nitrogen and oxygen atoms in total. The van der Waals surface area contributed by atoms with Crippen LogP contribution in [0.3, 0.4) is 0 Å². The molecule has 4 rings (SSSR count). The van der Waals surface area contributed by atoms with Gasteiger partial charge in [-0.1, -0.05) is 18.2 Å². The number of rotatable bonds is 6. The lowest BCUT2D eigenvalue weighted by molar-refractivity contribution is -0.116. The zero-order valence-corrected chi connectivity index (χ0v) is 16.9. The number of benzene rings is 2. The van der Waals surface area contributed by atoms with Crippen molar-refractivity contribution in [3.8, 4) is 0 Å². The summed E-state index contributed by atoms with van der Waals surface area (Å²) in [5.74, 6) is -0.581. The van der Waals surface area contributed by atoms with Crippen LogP contribution in [0.5, 0.6) is 0 Å². The lowest BCUT2D eigenvalue weighted by Crippen LogP contribution is -2.42. The molecule has 1 unspecified atom stereocenters. The fraction of sp³-hybridized carbons (Fsp3) is 0.261. The Balaban J connectivity index is 1.37. The van der Waals surface area contributed by atoms with Gasteiger partial charge in [-0.25, -0.2) is 9.37 Å². The van der Waals surface area contributed by atoms with E-state index in [0.29, 0.717) is 43.9 Å². The quantitative estimate of drug-likeness (QED) is 0.662. The maximum Gasteiger partial charge on any atom is 0.254 e. The Morgan fingerprint density at radius 1 is 1.19 bits per heavy atom. The van der Waals surface area contributed by atoms with Crippen molar-refractivity contribution in [2.45, 2.75) is 19.1 Å². The fourth-order valence-corrected chi connectivity index (χ4v) is 3.50. The Hall–Kier alpha value is -3.52. The van der Waals surface area contributed by atoms with Gasteiger partial charge in [0.15, 0.2) is 0 Å². The van der Waals surface area contributed by atoms with Crippen molar-refractivity contribution in [1.82, 2.24) is 14.5 Å². The number of carbonyl (C=O) groups excluding carboxylic acids is 2. The second-order valence-corrected chi connectivity index (χ2v) is 7.34. The third-order valence-corrected chi connectivity index (χ3v) is 5.14. The van der Waals surface area contributed by atoms with Gasteiger partial charge in [0.05, 0.1) is 19.5 Å². The molecule has 1 aliphatic rings. The molecule has 1 atom stereocenters. The van der Waals surface area contributed by atoms with Gasteiger partial charge >= 0.3 is 0 Å². The predicted octanol–water partition coefficient (Wildman–Crippen LogP) is 3.26. The zero-order valence-electron chi connectivity index (χ0n) is 16.9. The third-order valence-electron chi connectivity index (χ3n) is 5.14. The monoisotopic (exact) mass is 422 g/mol. The first-order chi connectivity index (χ1) is 15.1. The second-order valence-electron chi connectivity index (χ2n) is 7.34. The number of nitrogens with one attached hydrogen (secondary N) is 1. The van der Waals surface area contributed by atoms with Gasteiger partial charge < -0.3 is 19.5 Å². The minimum Gasteiger partial charge on any atom is -0.370 e. The summed E-state index contributed by atoms with van der Waals surface area (Å²) in [4.78, 5) is 30.9. The first-order valence-corrected chi connectivity index (χ1v) is 10.1. The Kier molecular flexibility index (Phi) is 6.37. The maximum absolute atomic E-state index is 13.2. The van der Waals surface area contributed by atoms with Crippen LogP contribution in [0.15, 0.2) is 67.3 Å². The van der Waals surface area contributed by atoms with E-state index < -0.39 is 0 Å². The van der Waals surface area contributed by atoms with Crippen molar-refractivity contribution < 1.29 is 18.7 Å². The van der Waals surface area contributed by atoms with Crippen molar-refractivity contribution >= 4 is 17.5 Å². The van der Waals surface area contributed by atoms with Crippen LogP contribution in [-0.2, 0) is 16.1 Å². The highest BCUT2D eigenvalue weighted by atomic mass is 19.1. The number of hydrogen-bond donors (Lipinski definition) is 1. The summed E-state index contributed by atoms with van der Waals surface area (Å²) < 4.78 is 20.8. The van der Waals surface area contributed by atoms with E-state index in [0.717, 1.165) is 5.56 Å². The maximum atomic E-state index is 13.2. The van der Waals surface area contributed by atoms with Crippen molar-refractivity contribution in [1.29, 1.82) is 0 Å². The smallest absolute Gasteiger partial charge is 0.254 e. The highest BCUT2D eigenvalue weighted by molar-refractivity contribution is 5.97. The summed E-state index contributed by atoms with van der Waals surface area (Å²) in [6.45, 7) is 1.78. The van der Waals surface area contributed by atoms with Crippen molar-refractivity contribution in [3.05, 3.63) is 84.2 Å². The Bertz CT molecular complexity index is 1040. The van der Waals surface area contributed by atoms with Gasteiger partial charge in [0.1, 0.15) is 11.9 Å². The van der Waals surface area contributed by atoms with Crippen LogP contribution in [0.25, 0.3) is 0 Å². The largest absolute Gasteiger partial charge is 0.370 e. The van der Waals surface area contributed by atoms with E-state index in [1.165, 1.54) is 12.1 Å². The summed E-state index contributed by atoms with van der Waals surface area (Å²) in [6, 6.07) is 13.0. The molecule has 0 bridgehead atoms. The first kappa shape index (κ1) is 20.7. The van der Waals surface area contributed by atoms with Crippen LogP contribution in [0, 0.1) is 5.82 Å². The van der Waals surface area contributed by atoms with Gasteiger partial charge in [0.25, 0.3) is 5.91 Å². The number of amides is 2. The van der Waals surface area contributed by atoms with Crippen LogP contribution in [0.2, 0.25) is 0 Å². The molecule has 1 aliphatic heterocycles. The van der Waals surface area contributed by atoms with Gasteiger partial charge in [-0.15, -0.1) is 0 Å². The second kappa shape index (κ2) is 9.53. The number of aryl methyl sites for hydroxylation is 1. The van der Waals surface area contributed by atoms with Gasteiger partial charge in [-0.3, -0.25) is 9.59 Å². The molecule has 2 amide bonds. The van der Waals surface area contributed by atoms with E-state index in [9.17, 15) is 14.0 Å². The Morgan fingerprint density at radius 3 is 2.81 bits per heavy atom. The van der Waals surface area contributed by atoms with Crippen LogP contribution in [-0.4, -0.2) is 46.0 Å². The lowest BCUT2D eigenvalue weighted by atomic mass is 10.1. The highest BCUT2D eigenvalue weighted by Crippen LogP contribution is 2.24. The average Bonchev–Trinajstić information content (AvgIpc) is 3.32. The Labute approximate surface area is 179 Å². The molecule has 8 heteroatoms. The van der Waals surface area contributed by atoms with Crippen molar-refractivity contribution in [2.75, 3.05) is 25.0 Å². The predicted molar refractivity (Wildman–Crippen MR) is 113 cm³/mol. The molecule has 2 aromatic carbocycles. The molecule has 0 aliphatic carbocycles. The van der Waals surface area contributed by atoms with E-state index in [4.69, 9.17) is 4.74 Å². The number of anilines is 1.